The van der Waals surface area contributed by atoms with Gasteiger partial charge in [0.05, 0.1) is 18.4 Å². The van der Waals surface area contributed by atoms with Gasteiger partial charge in [-0.15, -0.1) is 0 Å². The van der Waals surface area contributed by atoms with Gasteiger partial charge in [-0.1, -0.05) is 12.8 Å². The SMILES string of the molecule is Cn1cc(CN2CCC(n3nccc3NC(=O)C3CCCC3)CC2)cn1. The number of rotatable bonds is 5. The third-order valence-electron chi connectivity index (χ3n) is 5.72. The number of hydrogen-bond acceptors (Lipinski definition) is 4. The molecule has 26 heavy (non-hydrogen) atoms. The number of likely N-dealkylation sites (tertiary alicyclic amines) is 1. The number of hydrogen-bond donors (Lipinski definition) is 1. The highest BCUT2D eigenvalue weighted by Crippen LogP contribution is 2.29. The zero-order valence-corrected chi connectivity index (χ0v) is 15.5. The molecule has 140 valence electrons. The Hall–Kier alpha value is -2.15. The molecule has 2 aliphatic rings. The molecule has 1 saturated carbocycles. The van der Waals surface area contributed by atoms with Crippen molar-refractivity contribution in [2.75, 3.05) is 18.4 Å². The fourth-order valence-electron chi connectivity index (χ4n) is 4.25. The second kappa shape index (κ2) is 7.61. The molecule has 2 aromatic rings. The molecule has 1 N–H and O–H groups in total. The summed E-state index contributed by atoms with van der Waals surface area (Å²) in [5.41, 5.74) is 1.26. The van der Waals surface area contributed by atoms with Crippen molar-refractivity contribution in [2.45, 2.75) is 51.1 Å². The number of carbonyl (C=O) groups excluding carboxylic acids is 1. The largest absolute Gasteiger partial charge is 0.311 e. The summed E-state index contributed by atoms with van der Waals surface area (Å²) in [6, 6.07) is 2.28. The molecule has 0 spiro atoms. The van der Waals surface area contributed by atoms with Gasteiger partial charge in [0.2, 0.25) is 5.91 Å². The molecule has 2 fully saturated rings. The van der Waals surface area contributed by atoms with E-state index in [0.29, 0.717) is 6.04 Å². The minimum absolute atomic E-state index is 0.165. The summed E-state index contributed by atoms with van der Waals surface area (Å²) < 4.78 is 3.87. The van der Waals surface area contributed by atoms with Crippen molar-refractivity contribution in [3.8, 4) is 0 Å². The summed E-state index contributed by atoms with van der Waals surface area (Å²) in [5, 5.41) is 11.9. The predicted octanol–water partition coefficient (Wildman–Crippen LogP) is 2.58. The Morgan fingerprint density at radius 1 is 1.19 bits per heavy atom. The minimum Gasteiger partial charge on any atom is -0.311 e. The number of nitrogens with one attached hydrogen (secondary N) is 1. The molecule has 2 aromatic heterocycles. The first-order chi connectivity index (χ1) is 12.7. The number of amides is 1. The number of aromatic nitrogens is 4. The summed E-state index contributed by atoms with van der Waals surface area (Å²) >= 11 is 0. The van der Waals surface area contributed by atoms with Crippen LogP contribution in [-0.4, -0.2) is 43.5 Å². The molecular formula is C19H28N6O. The van der Waals surface area contributed by atoms with Gasteiger partial charge in [0.25, 0.3) is 0 Å². The van der Waals surface area contributed by atoms with Gasteiger partial charge in [0.15, 0.2) is 0 Å². The first-order valence-electron chi connectivity index (χ1n) is 9.73. The van der Waals surface area contributed by atoms with E-state index in [1.54, 1.807) is 6.20 Å². The Morgan fingerprint density at radius 2 is 1.96 bits per heavy atom. The monoisotopic (exact) mass is 356 g/mol. The molecule has 4 rings (SSSR count). The minimum atomic E-state index is 0.165. The van der Waals surface area contributed by atoms with E-state index in [0.717, 1.165) is 51.1 Å². The van der Waals surface area contributed by atoms with E-state index in [-0.39, 0.29) is 11.8 Å². The van der Waals surface area contributed by atoms with Gasteiger partial charge in [-0.05, 0) is 25.7 Å². The zero-order chi connectivity index (χ0) is 17.9. The summed E-state index contributed by atoms with van der Waals surface area (Å²) in [6.45, 7) is 3.02. The molecule has 1 amide bonds. The number of aryl methyl sites for hydroxylation is 1. The fourth-order valence-corrected chi connectivity index (χ4v) is 4.25. The molecule has 3 heterocycles. The third-order valence-corrected chi connectivity index (χ3v) is 5.72. The van der Waals surface area contributed by atoms with Crippen molar-refractivity contribution in [3.05, 3.63) is 30.2 Å². The molecule has 0 aromatic carbocycles. The quantitative estimate of drug-likeness (QED) is 0.894. The standard InChI is InChI=1S/C19H28N6O/c1-23-13-15(12-21-23)14-24-10-7-17(8-11-24)25-18(6-9-20-25)22-19(26)16-4-2-3-5-16/h6,9,12-13,16-17H,2-5,7-8,10-11,14H2,1H3,(H,22,26). The van der Waals surface area contributed by atoms with Gasteiger partial charge in [-0.3, -0.25) is 14.4 Å². The van der Waals surface area contributed by atoms with Gasteiger partial charge in [0, 0.05) is 50.4 Å². The van der Waals surface area contributed by atoms with Gasteiger partial charge in [-0.2, -0.15) is 10.2 Å². The van der Waals surface area contributed by atoms with Crippen LogP contribution in [0.5, 0.6) is 0 Å². The highest BCUT2D eigenvalue weighted by Gasteiger charge is 2.26. The fraction of sp³-hybridized carbons (Fsp3) is 0.632. The second-order valence-electron chi connectivity index (χ2n) is 7.66. The lowest BCUT2D eigenvalue weighted by Gasteiger charge is -2.32. The summed E-state index contributed by atoms with van der Waals surface area (Å²) in [7, 11) is 1.95. The molecule has 7 heteroatoms. The summed E-state index contributed by atoms with van der Waals surface area (Å²) in [5.74, 6) is 1.20. The van der Waals surface area contributed by atoms with Crippen LogP contribution in [0.25, 0.3) is 0 Å². The van der Waals surface area contributed by atoms with Crippen LogP contribution in [0.2, 0.25) is 0 Å². The van der Waals surface area contributed by atoms with Crippen molar-refractivity contribution in [1.29, 1.82) is 0 Å². The predicted molar refractivity (Wildman–Crippen MR) is 99.6 cm³/mol. The smallest absolute Gasteiger partial charge is 0.228 e. The summed E-state index contributed by atoms with van der Waals surface area (Å²) in [4.78, 5) is 14.9. The van der Waals surface area contributed by atoms with Crippen LogP contribution < -0.4 is 5.32 Å². The average Bonchev–Trinajstić information content (AvgIpc) is 3.38. The second-order valence-corrected chi connectivity index (χ2v) is 7.66. The topological polar surface area (TPSA) is 68.0 Å². The Balaban J connectivity index is 1.33. The van der Waals surface area contributed by atoms with Crippen molar-refractivity contribution in [3.63, 3.8) is 0 Å². The van der Waals surface area contributed by atoms with Gasteiger partial charge in [-0.25, -0.2) is 4.68 Å². The lowest BCUT2D eigenvalue weighted by atomic mass is 10.0. The normalized spacial score (nSPS) is 19.9. The van der Waals surface area contributed by atoms with Crippen LogP contribution in [0.1, 0.15) is 50.1 Å². The highest BCUT2D eigenvalue weighted by atomic mass is 16.2. The van der Waals surface area contributed by atoms with Crippen molar-refractivity contribution in [2.24, 2.45) is 13.0 Å². The number of anilines is 1. The molecule has 0 radical (unpaired) electrons. The lowest BCUT2D eigenvalue weighted by molar-refractivity contribution is -0.119. The van der Waals surface area contributed by atoms with E-state index in [2.05, 4.69) is 26.6 Å². The maximum atomic E-state index is 12.4. The molecule has 1 aliphatic carbocycles. The maximum Gasteiger partial charge on any atom is 0.228 e. The Morgan fingerprint density at radius 3 is 2.65 bits per heavy atom. The maximum absolute atomic E-state index is 12.4. The van der Waals surface area contributed by atoms with Crippen LogP contribution in [0, 0.1) is 5.92 Å². The van der Waals surface area contributed by atoms with Crippen LogP contribution in [-0.2, 0) is 18.4 Å². The zero-order valence-electron chi connectivity index (χ0n) is 15.5. The van der Waals surface area contributed by atoms with E-state index in [9.17, 15) is 4.79 Å². The van der Waals surface area contributed by atoms with Crippen molar-refractivity contribution >= 4 is 11.7 Å². The highest BCUT2D eigenvalue weighted by molar-refractivity contribution is 5.91. The molecular weight excluding hydrogens is 328 g/mol. The number of piperidine rings is 1. The Bertz CT molecular complexity index is 737. The van der Waals surface area contributed by atoms with Crippen LogP contribution in [0.4, 0.5) is 5.82 Å². The Kier molecular flexibility index (Phi) is 5.06. The van der Waals surface area contributed by atoms with E-state index in [1.807, 2.05) is 28.7 Å². The van der Waals surface area contributed by atoms with Crippen molar-refractivity contribution in [1.82, 2.24) is 24.5 Å². The number of nitrogens with zero attached hydrogens (tertiary/aromatic N) is 5. The molecule has 1 aliphatic heterocycles. The molecule has 7 nitrogen and oxygen atoms in total. The Labute approximate surface area is 154 Å². The van der Waals surface area contributed by atoms with Crippen LogP contribution in [0.15, 0.2) is 24.7 Å². The van der Waals surface area contributed by atoms with E-state index >= 15 is 0 Å². The van der Waals surface area contributed by atoms with E-state index < -0.39 is 0 Å². The van der Waals surface area contributed by atoms with Crippen molar-refractivity contribution < 1.29 is 4.79 Å². The molecule has 0 unspecified atom stereocenters. The van der Waals surface area contributed by atoms with E-state index in [1.165, 1.54) is 18.4 Å². The number of carbonyl (C=O) groups is 1. The average molecular weight is 356 g/mol. The van der Waals surface area contributed by atoms with Gasteiger partial charge in [0.1, 0.15) is 5.82 Å². The molecule has 0 atom stereocenters. The van der Waals surface area contributed by atoms with Gasteiger partial charge < -0.3 is 5.32 Å². The first-order valence-corrected chi connectivity index (χ1v) is 9.73. The molecule has 1 saturated heterocycles. The van der Waals surface area contributed by atoms with Crippen LogP contribution in [0.3, 0.4) is 0 Å². The lowest BCUT2D eigenvalue weighted by Crippen LogP contribution is -2.35. The summed E-state index contributed by atoms with van der Waals surface area (Å²) in [6.07, 6.45) is 12.3. The van der Waals surface area contributed by atoms with Crippen LogP contribution >= 0.6 is 0 Å². The first kappa shape index (κ1) is 17.3. The van der Waals surface area contributed by atoms with E-state index in [4.69, 9.17) is 0 Å². The third kappa shape index (κ3) is 3.82. The van der Waals surface area contributed by atoms with Gasteiger partial charge >= 0.3 is 0 Å². The molecule has 0 bridgehead atoms.